The largest absolute Gasteiger partial charge is 0.369 e. The van der Waals surface area contributed by atoms with Crippen LogP contribution in [-0.4, -0.2) is 72.9 Å². The number of amides is 1. The van der Waals surface area contributed by atoms with E-state index >= 15 is 0 Å². The van der Waals surface area contributed by atoms with Crippen LogP contribution >= 0.6 is 0 Å². The van der Waals surface area contributed by atoms with Gasteiger partial charge in [-0.05, 0) is 20.8 Å². The average molecular weight is 350 g/mol. The molecule has 0 radical (unpaired) electrons. The summed E-state index contributed by atoms with van der Waals surface area (Å²) >= 11 is 0. The number of aryl methyl sites for hydroxylation is 2. The first-order chi connectivity index (χ1) is 11.7. The average Bonchev–Trinajstić information content (AvgIpc) is 2.52. The van der Waals surface area contributed by atoms with Crippen molar-refractivity contribution >= 4 is 11.7 Å². The van der Waals surface area contributed by atoms with Crippen LogP contribution in [0.5, 0.6) is 0 Å². The standard InChI is InChI=1S/C18H30N4O3/c1-7-15-19-13(2)8-16(20-15)22-9-14(25-18(3,4)12-22)10-24-11-17(23)21(5)6/h8,14H,7,9-12H2,1-6H3/t14-/m1/s1. The second-order valence-corrected chi connectivity index (χ2v) is 7.32. The molecule has 1 aliphatic rings. The van der Waals surface area contributed by atoms with E-state index in [1.165, 1.54) is 4.90 Å². The number of ether oxygens (including phenoxy) is 2. The first kappa shape index (κ1) is 19.6. The van der Waals surface area contributed by atoms with Crippen molar-refractivity contribution in [3.05, 3.63) is 17.6 Å². The lowest BCUT2D eigenvalue weighted by Gasteiger charge is -2.43. The summed E-state index contributed by atoms with van der Waals surface area (Å²) < 4.78 is 11.7. The number of hydrogen-bond acceptors (Lipinski definition) is 6. The normalized spacial score (nSPS) is 19.8. The smallest absolute Gasteiger partial charge is 0.248 e. The molecule has 0 spiro atoms. The van der Waals surface area contributed by atoms with Crippen molar-refractivity contribution < 1.29 is 14.3 Å². The molecule has 1 amide bonds. The molecule has 1 fully saturated rings. The Labute approximate surface area is 150 Å². The summed E-state index contributed by atoms with van der Waals surface area (Å²) in [7, 11) is 3.44. The zero-order valence-electron chi connectivity index (χ0n) is 16.2. The second kappa shape index (κ2) is 8.10. The first-order valence-electron chi connectivity index (χ1n) is 8.75. The second-order valence-electron chi connectivity index (χ2n) is 7.32. The number of rotatable bonds is 6. The van der Waals surface area contributed by atoms with Gasteiger partial charge in [0.15, 0.2) is 0 Å². The van der Waals surface area contributed by atoms with E-state index in [2.05, 4.69) is 35.6 Å². The van der Waals surface area contributed by atoms with Crippen LogP contribution in [0.25, 0.3) is 0 Å². The van der Waals surface area contributed by atoms with E-state index in [0.29, 0.717) is 13.2 Å². The van der Waals surface area contributed by atoms with Gasteiger partial charge >= 0.3 is 0 Å². The fourth-order valence-electron chi connectivity index (χ4n) is 2.90. The van der Waals surface area contributed by atoms with Crippen molar-refractivity contribution in [2.75, 3.05) is 45.3 Å². The maximum absolute atomic E-state index is 11.6. The van der Waals surface area contributed by atoms with Gasteiger partial charge in [-0.25, -0.2) is 9.97 Å². The third-order valence-electron chi connectivity index (χ3n) is 4.04. The van der Waals surface area contributed by atoms with Gasteiger partial charge in [0.2, 0.25) is 5.91 Å². The van der Waals surface area contributed by atoms with Crippen molar-refractivity contribution in [1.82, 2.24) is 14.9 Å². The Balaban J connectivity index is 2.05. The molecule has 0 N–H and O–H groups in total. The molecule has 1 aliphatic heterocycles. The molecule has 7 heteroatoms. The first-order valence-corrected chi connectivity index (χ1v) is 8.75. The summed E-state index contributed by atoms with van der Waals surface area (Å²) in [5.74, 6) is 1.73. The predicted octanol–water partition coefficient (Wildman–Crippen LogP) is 1.44. The van der Waals surface area contributed by atoms with Gasteiger partial charge in [0, 0.05) is 45.4 Å². The Morgan fingerprint density at radius 1 is 1.44 bits per heavy atom. The summed E-state index contributed by atoms with van der Waals surface area (Å²) in [6.45, 7) is 10.0. The molecule has 0 aliphatic carbocycles. The van der Waals surface area contributed by atoms with E-state index in [-0.39, 0.29) is 24.2 Å². The van der Waals surface area contributed by atoms with Crippen molar-refractivity contribution in [1.29, 1.82) is 0 Å². The number of anilines is 1. The van der Waals surface area contributed by atoms with Gasteiger partial charge < -0.3 is 19.3 Å². The number of aromatic nitrogens is 2. The van der Waals surface area contributed by atoms with Crippen LogP contribution in [0, 0.1) is 6.92 Å². The molecular weight excluding hydrogens is 320 g/mol. The van der Waals surface area contributed by atoms with Gasteiger partial charge in [0.05, 0.1) is 18.3 Å². The molecule has 1 saturated heterocycles. The van der Waals surface area contributed by atoms with Crippen LogP contribution in [0.2, 0.25) is 0 Å². The monoisotopic (exact) mass is 350 g/mol. The van der Waals surface area contributed by atoms with Gasteiger partial charge in [-0.2, -0.15) is 0 Å². The Morgan fingerprint density at radius 2 is 2.16 bits per heavy atom. The molecule has 7 nitrogen and oxygen atoms in total. The highest BCUT2D eigenvalue weighted by Gasteiger charge is 2.34. The molecule has 1 atom stereocenters. The highest BCUT2D eigenvalue weighted by atomic mass is 16.5. The third kappa shape index (κ3) is 5.64. The minimum Gasteiger partial charge on any atom is -0.369 e. The summed E-state index contributed by atoms with van der Waals surface area (Å²) in [4.78, 5) is 24.5. The van der Waals surface area contributed by atoms with Crippen LogP contribution < -0.4 is 4.90 Å². The van der Waals surface area contributed by atoms with E-state index < -0.39 is 0 Å². The summed E-state index contributed by atoms with van der Waals surface area (Å²) in [6.07, 6.45) is 0.695. The van der Waals surface area contributed by atoms with Crippen LogP contribution in [0.4, 0.5) is 5.82 Å². The molecule has 0 aromatic carbocycles. The quantitative estimate of drug-likeness (QED) is 0.773. The Kier molecular flexibility index (Phi) is 6.35. The van der Waals surface area contributed by atoms with Gasteiger partial charge in [0.1, 0.15) is 18.2 Å². The van der Waals surface area contributed by atoms with E-state index in [1.54, 1.807) is 14.1 Å². The van der Waals surface area contributed by atoms with Crippen LogP contribution in [0.15, 0.2) is 6.07 Å². The third-order valence-corrected chi connectivity index (χ3v) is 4.04. The van der Waals surface area contributed by atoms with Crippen molar-refractivity contribution in [3.8, 4) is 0 Å². The number of likely N-dealkylation sites (N-methyl/N-ethyl adjacent to an activating group) is 1. The van der Waals surface area contributed by atoms with Gasteiger partial charge in [0.25, 0.3) is 0 Å². The highest BCUT2D eigenvalue weighted by molar-refractivity contribution is 5.76. The van der Waals surface area contributed by atoms with Crippen LogP contribution in [-0.2, 0) is 20.7 Å². The van der Waals surface area contributed by atoms with E-state index in [9.17, 15) is 4.79 Å². The number of morpholine rings is 1. The Morgan fingerprint density at radius 3 is 2.80 bits per heavy atom. The lowest BCUT2D eigenvalue weighted by atomic mass is 10.1. The van der Waals surface area contributed by atoms with Crippen molar-refractivity contribution in [2.45, 2.75) is 45.8 Å². The molecule has 2 rings (SSSR count). The molecule has 140 valence electrons. The number of hydrogen-bond donors (Lipinski definition) is 0. The number of carbonyl (C=O) groups excluding carboxylic acids is 1. The zero-order chi connectivity index (χ0) is 18.6. The summed E-state index contributed by atoms with van der Waals surface area (Å²) in [6, 6.07) is 2.01. The molecule has 2 heterocycles. The Hall–Kier alpha value is -1.73. The van der Waals surface area contributed by atoms with Gasteiger partial charge in [-0.1, -0.05) is 6.92 Å². The fraction of sp³-hybridized carbons (Fsp3) is 0.722. The molecule has 0 saturated carbocycles. The Bertz CT molecular complexity index is 604. The van der Waals surface area contributed by atoms with E-state index in [1.807, 2.05) is 13.0 Å². The molecule has 0 bridgehead atoms. The molecule has 0 unspecified atom stereocenters. The minimum atomic E-state index is -0.316. The summed E-state index contributed by atoms with van der Waals surface area (Å²) in [5, 5.41) is 0. The van der Waals surface area contributed by atoms with Crippen molar-refractivity contribution in [3.63, 3.8) is 0 Å². The fourth-order valence-corrected chi connectivity index (χ4v) is 2.90. The number of nitrogens with zero attached hydrogens (tertiary/aromatic N) is 4. The lowest BCUT2D eigenvalue weighted by molar-refractivity contribution is -0.139. The molecular formula is C18H30N4O3. The summed E-state index contributed by atoms with van der Waals surface area (Å²) in [5.41, 5.74) is 0.652. The molecule has 1 aromatic rings. The minimum absolute atomic E-state index is 0.0501. The van der Waals surface area contributed by atoms with E-state index in [0.717, 1.165) is 30.3 Å². The van der Waals surface area contributed by atoms with E-state index in [4.69, 9.17) is 9.47 Å². The molecule has 25 heavy (non-hydrogen) atoms. The van der Waals surface area contributed by atoms with Crippen LogP contribution in [0.1, 0.15) is 32.3 Å². The van der Waals surface area contributed by atoms with Gasteiger partial charge in [-0.15, -0.1) is 0 Å². The predicted molar refractivity (Wildman–Crippen MR) is 96.8 cm³/mol. The maximum atomic E-state index is 11.6. The van der Waals surface area contributed by atoms with Crippen molar-refractivity contribution in [2.24, 2.45) is 0 Å². The van der Waals surface area contributed by atoms with Crippen LogP contribution in [0.3, 0.4) is 0 Å². The lowest BCUT2D eigenvalue weighted by Crippen LogP contribution is -2.54. The number of carbonyl (C=O) groups is 1. The SMILES string of the molecule is CCc1nc(C)cc(N2C[C@H](COCC(=O)N(C)C)OC(C)(C)C2)n1. The maximum Gasteiger partial charge on any atom is 0.248 e. The topological polar surface area (TPSA) is 67.8 Å². The highest BCUT2D eigenvalue weighted by Crippen LogP contribution is 2.25. The zero-order valence-corrected chi connectivity index (χ0v) is 16.2. The van der Waals surface area contributed by atoms with Gasteiger partial charge in [-0.3, -0.25) is 4.79 Å². The molecule has 1 aromatic heterocycles.